The van der Waals surface area contributed by atoms with Gasteiger partial charge in [-0.25, -0.2) is 0 Å². The van der Waals surface area contributed by atoms with Gasteiger partial charge in [0.2, 0.25) is 11.8 Å². The summed E-state index contributed by atoms with van der Waals surface area (Å²) < 4.78 is 0. The molecule has 1 aliphatic rings. The monoisotopic (exact) mass is 274 g/mol. The van der Waals surface area contributed by atoms with Gasteiger partial charge in [-0.2, -0.15) is 0 Å². The molecule has 1 fully saturated rings. The molecule has 1 saturated heterocycles. The van der Waals surface area contributed by atoms with E-state index in [1.165, 1.54) is 6.42 Å². The second-order valence-electron chi connectivity index (χ2n) is 5.53. The Balaban J connectivity index is 1.74. The molecule has 4 nitrogen and oxygen atoms in total. The lowest BCUT2D eigenvalue weighted by Crippen LogP contribution is -2.44. The molecule has 1 unspecified atom stereocenters. The lowest BCUT2D eigenvalue weighted by molar-refractivity contribution is -0.134. The summed E-state index contributed by atoms with van der Waals surface area (Å²) in [6, 6.07) is 9.55. The molecule has 1 N–H and O–H groups in total. The molecule has 1 aromatic rings. The van der Waals surface area contributed by atoms with Crippen molar-refractivity contribution in [3.63, 3.8) is 0 Å². The molecular weight excluding hydrogens is 252 g/mol. The van der Waals surface area contributed by atoms with Crippen LogP contribution in [0.3, 0.4) is 0 Å². The number of hydrogen-bond donors (Lipinski definition) is 1. The summed E-state index contributed by atoms with van der Waals surface area (Å²) >= 11 is 0. The van der Waals surface area contributed by atoms with Crippen molar-refractivity contribution in [1.82, 2.24) is 10.2 Å². The SMILES string of the molecule is CC1CCCN(C(=O)CNC(=O)Cc2ccccc2)C1. The number of piperidine rings is 1. The van der Waals surface area contributed by atoms with E-state index in [0.717, 1.165) is 25.1 Å². The quantitative estimate of drug-likeness (QED) is 0.906. The Labute approximate surface area is 120 Å². The third kappa shape index (κ3) is 4.37. The Morgan fingerprint density at radius 1 is 1.30 bits per heavy atom. The lowest BCUT2D eigenvalue weighted by Gasteiger charge is -2.31. The van der Waals surface area contributed by atoms with Crippen LogP contribution in [0.2, 0.25) is 0 Å². The minimum absolute atomic E-state index is 0.0259. The number of amides is 2. The van der Waals surface area contributed by atoms with E-state index >= 15 is 0 Å². The largest absolute Gasteiger partial charge is 0.347 e. The van der Waals surface area contributed by atoms with Gasteiger partial charge in [0.15, 0.2) is 0 Å². The van der Waals surface area contributed by atoms with Gasteiger partial charge in [-0.15, -0.1) is 0 Å². The topological polar surface area (TPSA) is 49.4 Å². The van der Waals surface area contributed by atoms with Crippen molar-refractivity contribution in [2.75, 3.05) is 19.6 Å². The van der Waals surface area contributed by atoms with E-state index in [1.807, 2.05) is 35.2 Å². The molecule has 1 atom stereocenters. The van der Waals surface area contributed by atoms with Crippen LogP contribution in [0.25, 0.3) is 0 Å². The highest BCUT2D eigenvalue weighted by Crippen LogP contribution is 2.15. The molecule has 1 heterocycles. The summed E-state index contributed by atoms with van der Waals surface area (Å²) in [5, 5.41) is 2.71. The molecule has 0 spiro atoms. The Bertz CT molecular complexity index is 459. The molecule has 2 rings (SSSR count). The van der Waals surface area contributed by atoms with E-state index in [4.69, 9.17) is 0 Å². The fourth-order valence-corrected chi connectivity index (χ4v) is 2.55. The van der Waals surface area contributed by atoms with Crippen LogP contribution in [0.4, 0.5) is 0 Å². The van der Waals surface area contributed by atoms with Crippen LogP contribution in [-0.2, 0) is 16.0 Å². The van der Waals surface area contributed by atoms with E-state index < -0.39 is 0 Å². The van der Waals surface area contributed by atoms with E-state index in [2.05, 4.69) is 12.2 Å². The van der Waals surface area contributed by atoms with Gasteiger partial charge in [-0.1, -0.05) is 37.3 Å². The summed E-state index contributed by atoms with van der Waals surface area (Å²) in [4.78, 5) is 25.7. The molecule has 1 aromatic carbocycles. The zero-order valence-corrected chi connectivity index (χ0v) is 12.0. The number of benzene rings is 1. The Kier molecular flexibility index (Phi) is 5.16. The van der Waals surface area contributed by atoms with Gasteiger partial charge in [0, 0.05) is 13.1 Å². The number of likely N-dealkylation sites (tertiary alicyclic amines) is 1. The maximum Gasteiger partial charge on any atom is 0.241 e. The first-order chi connectivity index (χ1) is 9.65. The van der Waals surface area contributed by atoms with Crippen LogP contribution in [0.15, 0.2) is 30.3 Å². The molecule has 4 heteroatoms. The molecule has 0 aromatic heterocycles. The van der Waals surface area contributed by atoms with Crippen molar-refractivity contribution in [2.24, 2.45) is 5.92 Å². The summed E-state index contributed by atoms with van der Waals surface area (Å²) in [6.07, 6.45) is 2.57. The van der Waals surface area contributed by atoms with Gasteiger partial charge in [0.25, 0.3) is 0 Å². The number of nitrogens with one attached hydrogen (secondary N) is 1. The van der Waals surface area contributed by atoms with E-state index in [1.54, 1.807) is 0 Å². The van der Waals surface area contributed by atoms with Crippen molar-refractivity contribution in [3.8, 4) is 0 Å². The molecule has 1 aliphatic heterocycles. The van der Waals surface area contributed by atoms with E-state index in [-0.39, 0.29) is 18.4 Å². The minimum Gasteiger partial charge on any atom is -0.347 e. The number of rotatable bonds is 4. The molecule has 0 saturated carbocycles. The minimum atomic E-state index is -0.102. The number of nitrogens with zero attached hydrogens (tertiary/aromatic N) is 1. The fourth-order valence-electron chi connectivity index (χ4n) is 2.55. The van der Waals surface area contributed by atoms with Crippen molar-refractivity contribution < 1.29 is 9.59 Å². The fraction of sp³-hybridized carbons (Fsp3) is 0.500. The first-order valence-electron chi connectivity index (χ1n) is 7.23. The standard InChI is InChI=1S/C16H22N2O2/c1-13-6-5-9-18(12-13)16(20)11-17-15(19)10-14-7-3-2-4-8-14/h2-4,7-8,13H,5-6,9-12H2,1H3,(H,17,19). The maximum atomic E-state index is 12.0. The second-order valence-corrected chi connectivity index (χ2v) is 5.53. The van der Waals surface area contributed by atoms with Crippen molar-refractivity contribution in [3.05, 3.63) is 35.9 Å². The van der Waals surface area contributed by atoms with E-state index in [0.29, 0.717) is 12.3 Å². The summed E-state index contributed by atoms with van der Waals surface area (Å²) in [7, 11) is 0. The molecule has 2 amide bonds. The third-order valence-corrected chi connectivity index (χ3v) is 3.65. The average molecular weight is 274 g/mol. The molecular formula is C16H22N2O2. The van der Waals surface area contributed by atoms with Crippen LogP contribution in [0.1, 0.15) is 25.3 Å². The van der Waals surface area contributed by atoms with Gasteiger partial charge < -0.3 is 10.2 Å². The normalized spacial score (nSPS) is 18.6. The Hall–Kier alpha value is -1.84. The highest BCUT2D eigenvalue weighted by Gasteiger charge is 2.20. The van der Waals surface area contributed by atoms with Crippen molar-refractivity contribution >= 4 is 11.8 Å². The predicted octanol–water partition coefficient (Wildman–Crippen LogP) is 1.60. The van der Waals surface area contributed by atoms with Crippen LogP contribution in [-0.4, -0.2) is 36.3 Å². The summed E-state index contributed by atoms with van der Waals surface area (Å²) in [5.41, 5.74) is 0.962. The number of hydrogen-bond acceptors (Lipinski definition) is 2. The zero-order valence-electron chi connectivity index (χ0n) is 12.0. The van der Waals surface area contributed by atoms with Gasteiger partial charge in [-0.05, 0) is 24.3 Å². The van der Waals surface area contributed by atoms with Crippen LogP contribution in [0, 0.1) is 5.92 Å². The Morgan fingerprint density at radius 3 is 2.75 bits per heavy atom. The first-order valence-corrected chi connectivity index (χ1v) is 7.23. The van der Waals surface area contributed by atoms with Gasteiger partial charge in [-0.3, -0.25) is 9.59 Å². The highest BCUT2D eigenvalue weighted by atomic mass is 16.2. The average Bonchev–Trinajstić information content (AvgIpc) is 2.46. The summed E-state index contributed by atoms with van der Waals surface area (Å²) in [5.74, 6) is 0.486. The Morgan fingerprint density at radius 2 is 2.05 bits per heavy atom. The smallest absolute Gasteiger partial charge is 0.241 e. The molecule has 0 aliphatic carbocycles. The second kappa shape index (κ2) is 7.08. The van der Waals surface area contributed by atoms with Gasteiger partial charge in [0.1, 0.15) is 0 Å². The number of carbonyl (C=O) groups excluding carboxylic acids is 2. The molecule has 0 bridgehead atoms. The number of carbonyl (C=O) groups is 2. The van der Waals surface area contributed by atoms with Crippen LogP contribution < -0.4 is 5.32 Å². The van der Waals surface area contributed by atoms with Crippen molar-refractivity contribution in [1.29, 1.82) is 0 Å². The molecule has 0 radical (unpaired) electrons. The highest BCUT2D eigenvalue weighted by molar-refractivity contribution is 5.85. The zero-order chi connectivity index (χ0) is 14.4. The molecule has 20 heavy (non-hydrogen) atoms. The maximum absolute atomic E-state index is 12.0. The summed E-state index contributed by atoms with van der Waals surface area (Å²) in [6.45, 7) is 3.90. The van der Waals surface area contributed by atoms with Gasteiger partial charge in [0.05, 0.1) is 13.0 Å². The van der Waals surface area contributed by atoms with Crippen molar-refractivity contribution in [2.45, 2.75) is 26.2 Å². The van der Waals surface area contributed by atoms with Crippen LogP contribution >= 0.6 is 0 Å². The third-order valence-electron chi connectivity index (χ3n) is 3.65. The predicted molar refractivity (Wildman–Crippen MR) is 78.1 cm³/mol. The first kappa shape index (κ1) is 14.6. The van der Waals surface area contributed by atoms with E-state index in [9.17, 15) is 9.59 Å². The molecule has 108 valence electrons. The lowest BCUT2D eigenvalue weighted by atomic mass is 10.0. The van der Waals surface area contributed by atoms with Crippen LogP contribution in [0.5, 0.6) is 0 Å². The van der Waals surface area contributed by atoms with Gasteiger partial charge >= 0.3 is 0 Å².